The predicted molar refractivity (Wildman–Crippen MR) is 120 cm³/mol. The summed E-state index contributed by atoms with van der Waals surface area (Å²) >= 11 is 0. The van der Waals surface area contributed by atoms with Crippen molar-refractivity contribution in [3.63, 3.8) is 0 Å². The van der Waals surface area contributed by atoms with Crippen molar-refractivity contribution in [3.05, 3.63) is 52.1 Å². The second kappa shape index (κ2) is 13.0. The molecule has 144 valence electrons. The normalized spacial score (nSPS) is 15.3. The van der Waals surface area contributed by atoms with Crippen molar-refractivity contribution >= 4 is 5.57 Å². The van der Waals surface area contributed by atoms with E-state index in [9.17, 15) is 0 Å². The van der Waals surface area contributed by atoms with Crippen molar-refractivity contribution in [1.82, 2.24) is 0 Å². The van der Waals surface area contributed by atoms with E-state index in [4.69, 9.17) is 0 Å². The van der Waals surface area contributed by atoms with Gasteiger partial charge in [-0.05, 0) is 49.0 Å². The zero-order valence-electron chi connectivity index (χ0n) is 19.2. The molecule has 0 heterocycles. The minimum atomic E-state index is 0.193. The summed E-state index contributed by atoms with van der Waals surface area (Å²) in [5, 5.41) is 0. The van der Waals surface area contributed by atoms with Gasteiger partial charge < -0.3 is 0 Å². The molecule has 0 amide bonds. The van der Waals surface area contributed by atoms with Crippen LogP contribution in [0.5, 0.6) is 0 Å². The van der Waals surface area contributed by atoms with Crippen molar-refractivity contribution in [2.75, 3.05) is 0 Å². The highest BCUT2D eigenvalue weighted by Gasteiger charge is 2.37. The molecule has 0 radical (unpaired) electrons. The Balaban J connectivity index is 0. The molecule has 0 bridgehead atoms. The molecule has 25 heavy (non-hydrogen) atoms. The molecule has 0 saturated heterocycles. The first-order valence-corrected chi connectivity index (χ1v) is 10.5. The molecule has 0 atom stereocenters. The van der Waals surface area contributed by atoms with E-state index in [1.54, 1.807) is 11.1 Å². The SMILES string of the molecule is CC.CC.CC.CC.CC1=CC2=C(CC1)c1ccc(C)cc1C2(C)C. The molecule has 0 heteroatoms. The number of rotatable bonds is 0. The van der Waals surface area contributed by atoms with Crippen molar-refractivity contribution in [2.45, 2.75) is 101 Å². The summed E-state index contributed by atoms with van der Waals surface area (Å²) < 4.78 is 0. The summed E-state index contributed by atoms with van der Waals surface area (Å²) in [6, 6.07) is 6.94. The van der Waals surface area contributed by atoms with E-state index in [1.807, 2.05) is 55.4 Å². The lowest BCUT2D eigenvalue weighted by Crippen LogP contribution is -2.17. The Labute approximate surface area is 159 Å². The van der Waals surface area contributed by atoms with Gasteiger partial charge in [-0.1, -0.05) is 105 Å². The average molecular weight is 345 g/mol. The average Bonchev–Trinajstić information content (AvgIpc) is 2.89. The van der Waals surface area contributed by atoms with Crippen LogP contribution >= 0.6 is 0 Å². The van der Waals surface area contributed by atoms with Crippen LogP contribution in [0.1, 0.15) is 106 Å². The number of allylic oxidation sites excluding steroid dienone is 4. The monoisotopic (exact) mass is 344 g/mol. The van der Waals surface area contributed by atoms with Gasteiger partial charge in [-0.25, -0.2) is 0 Å². The quantitative estimate of drug-likeness (QED) is 0.440. The topological polar surface area (TPSA) is 0 Å². The van der Waals surface area contributed by atoms with E-state index < -0.39 is 0 Å². The third-order valence-electron chi connectivity index (χ3n) is 4.33. The van der Waals surface area contributed by atoms with E-state index in [0.29, 0.717) is 0 Å². The van der Waals surface area contributed by atoms with E-state index in [2.05, 4.69) is 52.0 Å². The standard InChI is InChI=1S/C17H20.4C2H6/c1-11-5-7-13-14-8-6-12(2)10-16(14)17(3,4)15(13)9-11;4*1-2/h5,7,9-10H,6,8H2,1-4H3;4*1-2H3. The third kappa shape index (κ3) is 5.87. The Hall–Kier alpha value is -1.30. The van der Waals surface area contributed by atoms with Crippen LogP contribution in [0.25, 0.3) is 5.57 Å². The van der Waals surface area contributed by atoms with Gasteiger partial charge in [0, 0.05) is 5.41 Å². The molecule has 3 rings (SSSR count). The first-order chi connectivity index (χ1) is 12.0. The number of hydrogen-bond acceptors (Lipinski definition) is 0. The van der Waals surface area contributed by atoms with Crippen LogP contribution in [-0.2, 0) is 5.41 Å². The molecule has 0 unspecified atom stereocenters. The fourth-order valence-electron chi connectivity index (χ4n) is 3.28. The number of fused-ring (bicyclic) bond motifs is 2. The highest BCUT2D eigenvalue weighted by atomic mass is 14.4. The molecule has 0 fully saturated rings. The molecule has 1 aromatic rings. The fraction of sp³-hybridized carbons (Fsp3) is 0.600. The molecule has 2 aliphatic carbocycles. The smallest absolute Gasteiger partial charge is 0.0155 e. The van der Waals surface area contributed by atoms with E-state index in [-0.39, 0.29) is 5.41 Å². The Morgan fingerprint density at radius 2 is 1.28 bits per heavy atom. The molecule has 0 nitrogen and oxygen atoms in total. The highest BCUT2D eigenvalue weighted by Crippen LogP contribution is 2.50. The van der Waals surface area contributed by atoms with Gasteiger partial charge in [0.25, 0.3) is 0 Å². The maximum absolute atomic E-state index is 2.42. The highest BCUT2D eigenvalue weighted by molar-refractivity contribution is 5.83. The number of aryl methyl sites for hydroxylation is 1. The van der Waals surface area contributed by atoms with Crippen LogP contribution in [0.15, 0.2) is 35.4 Å². The van der Waals surface area contributed by atoms with Crippen molar-refractivity contribution in [2.24, 2.45) is 0 Å². The molecular weight excluding hydrogens is 300 g/mol. The van der Waals surface area contributed by atoms with E-state index in [1.165, 1.54) is 35.1 Å². The van der Waals surface area contributed by atoms with Crippen molar-refractivity contribution < 1.29 is 0 Å². The number of benzene rings is 1. The van der Waals surface area contributed by atoms with Gasteiger partial charge in [0.1, 0.15) is 0 Å². The van der Waals surface area contributed by atoms with Crippen LogP contribution < -0.4 is 0 Å². The van der Waals surface area contributed by atoms with E-state index >= 15 is 0 Å². The Bertz CT molecular complexity index is 553. The van der Waals surface area contributed by atoms with Crippen molar-refractivity contribution in [3.8, 4) is 0 Å². The second-order valence-corrected chi connectivity index (χ2v) is 6.06. The summed E-state index contributed by atoms with van der Waals surface area (Å²) in [4.78, 5) is 0. The van der Waals surface area contributed by atoms with Crippen LogP contribution in [0.4, 0.5) is 0 Å². The largest absolute Gasteiger partial charge is 0.0727 e. The maximum Gasteiger partial charge on any atom is 0.0155 e. The van der Waals surface area contributed by atoms with Crippen LogP contribution in [0.3, 0.4) is 0 Å². The molecule has 0 saturated carbocycles. The van der Waals surface area contributed by atoms with Gasteiger partial charge in [0.2, 0.25) is 0 Å². The first-order valence-electron chi connectivity index (χ1n) is 10.5. The molecule has 0 aliphatic heterocycles. The molecule has 1 aromatic carbocycles. The summed E-state index contributed by atoms with van der Waals surface area (Å²) in [5.41, 5.74) is 9.27. The molecule has 2 aliphatic rings. The third-order valence-corrected chi connectivity index (χ3v) is 4.33. The number of hydrogen-bond donors (Lipinski definition) is 0. The molecule has 0 N–H and O–H groups in total. The minimum Gasteiger partial charge on any atom is -0.0727 e. The summed E-state index contributed by atoms with van der Waals surface area (Å²) in [6.07, 6.45) is 4.87. The van der Waals surface area contributed by atoms with Crippen LogP contribution in [0, 0.1) is 6.92 Å². The van der Waals surface area contributed by atoms with Gasteiger partial charge in [-0.15, -0.1) is 0 Å². The zero-order valence-corrected chi connectivity index (χ0v) is 19.2. The molecule has 0 spiro atoms. The molecular formula is C25H44. The van der Waals surface area contributed by atoms with Gasteiger partial charge in [-0.2, -0.15) is 0 Å². The van der Waals surface area contributed by atoms with Crippen molar-refractivity contribution in [1.29, 1.82) is 0 Å². The maximum atomic E-state index is 2.42. The minimum absolute atomic E-state index is 0.193. The fourth-order valence-corrected chi connectivity index (χ4v) is 3.28. The lowest BCUT2D eigenvalue weighted by atomic mass is 9.79. The second-order valence-electron chi connectivity index (χ2n) is 6.06. The van der Waals surface area contributed by atoms with Gasteiger partial charge in [0.05, 0.1) is 0 Å². The lowest BCUT2D eigenvalue weighted by Gasteiger charge is -2.25. The Morgan fingerprint density at radius 1 is 0.760 bits per heavy atom. The summed E-state index contributed by atoms with van der Waals surface area (Å²) in [6.45, 7) is 25.2. The van der Waals surface area contributed by atoms with E-state index in [0.717, 1.165) is 0 Å². The van der Waals surface area contributed by atoms with Gasteiger partial charge >= 0.3 is 0 Å². The summed E-state index contributed by atoms with van der Waals surface area (Å²) in [5.74, 6) is 0. The first kappa shape index (κ1) is 25.9. The van der Waals surface area contributed by atoms with Crippen LogP contribution in [0.2, 0.25) is 0 Å². The van der Waals surface area contributed by atoms with Crippen LogP contribution in [-0.4, -0.2) is 0 Å². The predicted octanol–water partition coefficient (Wildman–Crippen LogP) is 8.88. The summed E-state index contributed by atoms with van der Waals surface area (Å²) in [7, 11) is 0. The molecule has 0 aromatic heterocycles. The van der Waals surface area contributed by atoms with Gasteiger partial charge in [0.15, 0.2) is 0 Å². The zero-order chi connectivity index (χ0) is 20.2. The Kier molecular flexibility index (Phi) is 13.5. The Morgan fingerprint density at radius 3 is 1.80 bits per heavy atom. The van der Waals surface area contributed by atoms with Gasteiger partial charge in [-0.3, -0.25) is 0 Å². The lowest BCUT2D eigenvalue weighted by molar-refractivity contribution is 0.649.